The van der Waals surface area contributed by atoms with E-state index >= 15 is 0 Å². The predicted octanol–water partition coefficient (Wildman–Crippen LogP) is 3.57. The van der Waals surface area contributed by atoms with Crippen LogP contribution in [0.4, 0.5) is 5.69 Å². The van der Waals surface area contributed by atoms with Gasteiger partial charge in [-0.25, -0.2) is 0 Å². The zero-order chi connectivity index (χ0) is 11.4. The number of carbonyl (C=O) groups excluding carboxylic acids is 1. The summed E-state index contributed by atoms with van der Waals surface area (Å²) < 4.78 is 0.760. The molecule has 0 fully saturated rings. The number of carbonyl (C=O) groups is 1. The maximum absolute atomic E-state index is 11.8. The Morgan fingerprint density at radius 2 is 2.20 bits per heavy atom. The van der Waals surface area contributed by atoms with E-state index in [2.05, 4.69) is 22.5 Å². The van der Waals surface area contributed by atoms with Gasteiger partial charge in [0.15, 0.2) is 5.78 Å². The van der Waals surface area contributed by atoms with Gasteiger partial charge in [-0.15, -0.1) is 0 Å². The summed E-state index contributed by atoms with van der Waals surface area (Å²) in [5.74, 6) is 0.0857. The van der Waals surface area contributed by atoms with Crippen molar-refractivity contribution in [1.29, 1.82) is 0 Å². The average molecular weight is 268 g/mol. The second kappa shape index (κ2) is 5.12. The molecule has 3 heteroatoms. The standard InChI is InChI=1S/C12H14BrNO/c1-3-8(2)6-12(15)9-4-5-11(14)10(13)7-9/h4-5,7H,2-3,6,14H2,1H3. The van der Waals surface area contributed by atoms with Crippen molar-refractivity contribution in [2.75, 3.05) is 5.73 Å². The van der Waals surface area contributed by atoms with Crippen LogP contribution in [0.3, 0.4) is 0 Å². The van der Waals surface area contributed by atoms with E-state index in [9.17, 15) is 4.79 Å². The lowest BCUT2D eigenvalue weighted by molar-refractivity contribution is 0.0992. The molecular weight excluding hydrogens is 254 g/mol. The average Bonchev–Trinajstić information content (AvgIpc) is 2.21. The molecule has 0 bridgehead atoms. The number of hydrogen-bond acceptors (Lipinski definition) is 2. The van der Waals surface area contributed by atoms with E-state index in [0.717, 1.165) is 16.5 Å². The van der Waals surface area contributed by atoms with E-state index in [1.807, 2.05) is 6.92 Å². The van der Waals surface area contributed by atoms with Gasteiger partial charge in [-0.05, 0) is 40.5 Å². The number of hydrogen-bond donors (Lipinski definition) is 1. The van der Waals surface area contributed by atoms with Crippen molar-refractivity contribution in [3.05, 3.63) is 40.4 Å². The molecule has 2 nitrogen and oxygen atoms in total. The largest absolute Gasteiger partial charge is 0.398 e. The van der Waals surface area contributed by atoms with Crippen molar-refractivity contribution in [2.45, 2.75) is 19.8 Å². The van der Waals surface area contributed by atoms with Crippen molar-refractivity contribution in [1.82, 2.24) is 0 Å². The molecule has 80 valence electrons. The van der Waals surface area contributed by atoms with Crippen LogP contribution in [0.5, 0.6) is 0 Å². The molecule has 0 radical (unpaired) electrons. The number of anilines is 1. The first-order valence-electron chi connectivity index (χ1n) is 4.79. The lowest BCUT2D eigenvalue weighted by Crippen LogP contribution is -2.01. The SMILES string of the molecule is C=C(CC)CC(=O)c1ccc(N)c(Br)c1. The molecule has 0 aromatic heterocycles. The molecule has 2 N–H and O–H groups in total. The fourth-order valence-corrected chi connectivity index (χ4v) is 1.53. The van der Waals surface area contributed by atoms with Gasteiger partial charge in [0.2, 0.25) is 0 Å². The van der Waals surface area contributed by atoms with Crippen molar-refractivity contribution in [2.24, 2.45) is 0 Å². The highest BCUT2D eigenvalue weighted by molar-refractivity contribution is 9.10. The molecule has 0 aliphatic rings. The molecule has 0 aliphatic carbocycles. The Kier molecular flexibility index (Phi) is 4.09. The third kappa shape index (κ3) is 3.20. The Labute approximate surface area is 98.3 Å². The molecule has 0 saturated carbocycles. The highest BCUT2D eigenvalue weighted by Gasteiger charge is 2.08. The van der Waals surface area contributed by atoms with Gasteiger partial charge in [-0.2, -0.15) is 0 Å². The zero-order valence-corrected chi connectivity index (χ0v) is 10.3. The topological polar surface area (TPSA) is 43.1 Å². The second-order valence-corrected chi connectivity index (χ2v) is 4.29. The molecule has 0 aliphatic heterocycles. The quantitative estimate of drug-likeness (QED) is 0.515. The van der Waals surface area contributed by atoms with Crippen LogP contribution in [-0.4, -0.2) is 5.78 Å². The minimum absolute atomic E-state index is 0.0857. The van der Waals surface area contributed by atoms with Crippen molar-refractivity contribution in [3.63, 3.8) is 0 Å². The lowest BCUT2D eigenvalue weighted by atomic mass is 10.0. The summed E-state index contributed by atoms with van der Waals surface area (Å²) in [6.07, 6.45) is 1.24. The summed E-state index contributed by atoms with van der Waals surface area (Å²) in [7, 11) is 0. The Morgan fingerprint density at radius 3 is 2.73 bits per heavy atom. The molecule has 0 unspecified atom stereocenters. The molecular formula is C12H14BrNO. The number of halogens is 1. The normalized spacial score (nSPS) is 10.0. The predicted molar refractivity (Wildman–Crippen MR) is 66.9 cm³/mol. The van der Waals surface area contributed by atoms with Crippen LogP contribution in [0.2, 0.25) is 0 Å². The Balaban J connectivity index is 2.83. The molecule has 0 atom stereocenters. The molecule has 1 aromatic carbocycles. The molecule has 0 heterocycles. The van der Waals surface area contributed by atoms with Gasteiger partial charge in [0.05, 0.1) is 0 Å². The first kappa shape index (κ1) is 12.0. The summed E-state index contributed by atoms with van der Waals surface area (Å²) in [5.41, 5.74) is 7.90. The number of allylic oxidation sites excluding steroid dienone is 1. The molecule has 15 heavy (non-hydrogen) atoms. The minimum Gasteiger partial charge on any atom is -0.398 e. The third-order valence-corrected chi connectivity index (χ3v) is 2.92. The van der Waals surface area contributed by atoms with Crippen molar-refractivity contribution < 1.29 is 4.79 Å². The van der Waals surface area contributed by atoms with Crippen LogP contribution >= 0.6 is 15.9 Å². The van der Waals surface area contributed by atoms with Gasteiger partial charge < -0.3 is 5.73 Å². The van der Waals surface area contributed by atoms with Crippen LogP contribution < -0.4 is 5.73 Å². The van der Waals surface area contributed by atoms with Crippen LogP contribution in [0.15, 0.2) is 34.8 Å². The van der Waals surface area contributed by atoms with Crippen LogP contribution in [0, 0.1) is 0 Å². The number of ketones is 1. The van der Waals surface area contributed by atoms with Gasteiger partial charge >= 0.3 is 0 Å². The first-order chi connectivity index (χ1) is 7.04. The highest BCUT2D eigenvalue weighted by atomic mass is 79.9. The smallest absolute Gasteiger partial charge is 0.166 e. The Bertz CT molecular complexity index is 399. The fraction of sp³-hybridized carbons (Fsp3) is 0.250. The third-order valence-electron chi connectivity index (χ3n) is 2.23. The minimum atomic E-state index is 0.0857. The number of rotatable bonds is 4. The van der Waals surface area contributed by atoms with Crippen LogP contribution in [0.25, 0.3) is 0 Å². The summed E-state index contributed by atoms with van der Waals surface area (Å²) in [5, 5.41) is 0. The van der Waals surface area contributed by atoms with Gasteiger partial charge in [0.25, 0.3) is 0 Å². The maximum atomic E-state index is 11.8. The molecule has 1 rings (SSSR count). The van der Waals surface area contributed by atoms with E-state index in [4.69, 9.17) is 5.73 Å². The fourth-order valence-electron chi connectivity index (χ4n) is 1.15. The number of nitrogen functional groups attached to an aromatic ring is 1. The highest BCUT2D eigenvalue weighted by Crippen LogP contribution is 2.22. The number of Topliss-reactive ketones (excluding diaryl/α,β-unsaturated/α-hetero) is 1. The summed E-state index contributed by atoms with van der Waals surface area (Å²) >= 11 is 3.30. The number of nitrogens with two attached hydrogens (primary N) is 1. The first-order valence-corrected chi connectivity index (χ1v) is 5.58. The summed E-state index contributed by atoms with van der Waals surface area (Å²) in [6, 6.07) is 5.22. The van der Waals surface area contributed by atoms with Gasteiger partial charge in [0, 0.05) is 22.1 Å². The van der Waals surface area contributed by atoms with E-state index in [1.165, 1.54) is 0 Å². The lowest BCUT2D eigenvalue weighted by Gasteiger charge is -2.04. The van der Waals surface area contributed by atoms with Gasteiger partial charge in [0.1, 0.15) is 0 Å². The molecule has 0 amide bonds. The molecule has 0 saturated heterocycles. The Morgan fingerprint density at radius 1 is 1.53 bits per heavy atom. The van der Waals surface area contributed by atoms with E-state index in [0.29, 0.717) is 17.7 Å². The Hall–Kier alpha value is -1.09. The van der Waals surface area contributed by atoms with Crippen molar-refractivity contribution >= 4 is 27.4 Å². The monoisotopic (exact) mass is 267 g/mol. The van der Waals surface area contributed by atoms with Crippen molar-refractivity contribution in [3.8, 4) is 0 Å². The van der Waals surface area contributed by atoms with E-state index < -0.39 is 0 Å². The van der Waals surface area contributed by atoms with Gasteiger partial charge in [-0.3, -0.25) is 4.79 Å². The zero-order valence-electron chi connectivity index (χ0n) is 8.72. The van der Waals surface area contributed by atoms with Gasteiger partial charge in [-0.1, -0.05) is 19.1 Å². The maximum Gasteiger partial charge on any atom is 0.166 e. The van der Waals surface area contributed by atoms with E-state index in [-0.39, 0.29) is 5.78 Å². The number of benzene rings is 1. The van der Waals surface area contributed by atoms with Crippen LogP contribution in [0.1, 0.15) is 30.1 Å². The van der Waals surface area contributed by atoms with E-state index in [1.54, 1.807) is 18.2 Å². The second-order valence-electron chi connectivity index (χ2n) is 3.44. The molecule has 0 spiro atoms. The summed E-state index contributed by atoms with van der Waals surface area (Å²) in [6.45, 7) is 5.82. The van der Waals surface area contributed by atoms with Crippen LogP contribution in [-0.2, 0) is 0 Å². The molecule has 1 aromatic rings. The summed E-state index contributed by atoms with van der Waals surface area (Å²) in [4.78, 5) is 11.8.